The Morgan fingerprint density at radius 1 is 1.28 bits per heavy atom. The van der Waals surface area contributed by atoms with Crippen molar-refractivity contribution in [2.45, 2.75) is 6.92 Å². The van der Waals surface area contributed by atoms with Gasteiger partial charge in [-0.1, -0.05) is 0 Å². The Kier molecular flexibility index (Phi) is 4.32. The van der Waals surface area contributed by atoms with Crippen LogP contribution in [-0.4, -0.2) is 26.9 Å². The summed E-state index contributed by atoms with van der Waals surface area (Å²) >= 11 is -2.48. The number of carbonyl (C=O) groups is 1. The summed E-state index contributed by atoms with van der Waals surface area (Å²) in [5, 5.41) is 9.93. The summed E-state index contributed by atoms with van der Waals surface area (Å²) in [6.45, 7) is 1.67. The van der Waals surface area contributed by atoms with Crippen LogP contribution in [0, 0.1) is 12.7 Å². The molecule has 130 valence electrons. The zero-order valence-electron chi connectivity index (χ0n) is 13.3. The molecule has 0 aliphatic carbocycles. The maximum absolute atomic E-state index is 13.1. The van der Waals surface area contributed by atoms with Gasteiger partial charge in [0.05, 0.1) is 5.69 Å². The Labute approximate surface area is 144 Å². The van der Waals surface area contributed by atoms with E-state index in [1.165, 1.54) is 37.4 Å². The summed E-state index contributed by atoms with van der Waals surface area (Å²) < 4.78 is 42.2. The molecule has 1 unspecified atom stereocenters. The third-order valence-corrected chi connectivity index (χ3v) is 4.53. The lowest BCUT2D eigenvalue weighted by molar-refractivity contribution is 0.0699. The number of anilines is 1. The second kappa shape index (κ2) is 6.30. The number of carboxylic acid groups (broad SMARTS) is 1. The first-order chi connectivity index (χ1) is 11.8. The molecule has 0 aliphatic rings. The second-order valence-electron chi connectivity index (χ2n) is 5.47. The quantitative estimate of drug-likeness (QED) is 0.717. The molecule has 2 aromatic carbocycles. The minimum Gasteiger partial charge on any atom is -0.755 e. The number of furan rings is 1. The Balaban J connectivity index is 2.28. The normalized spacial score (nSPS) is 12.3. The average Bonchev–Trinajstić information content (AvgIpc) is 2.92. The van der Waals surface area contributed by atoms with Gasteiger partial charge in [0.1, 0.15) is 22.7 Å². The molecule has 1 N–H and O–H groups in total. The first kappa shape index (κ1) is 17.1. The number of carboxylic acids is 1. The fourth-order valence-electron chi connectivity index (χ4n) is 2.68. The van der Waals surface area contributed by atoms with E-state index in [9.17, 15) is 23.1 Å². The fraction of sp³-hybridized carbons (Fsp3) is 0.118. The van der Waals surface area contributed by atoms with Crippen LogP contribution in [0.3, 0.4) is 0 Å². The molecule has 0 radical (unpaired) electrons. The van der Waals surface area contributed by atoms with E-state index in [-0.39, 0.29) is 16.9 Å². The van der Waals surface area contributed by atoms with Crippen molar-refractivity contribution in [1.82, 2.24) is 0 Å². The second-order valence-corrected chi connectivity index (χ2v) is 6.45. The van der Waals surface area contributed by atoms with Crippen LogP contribution in [-0.2, 0) is 11.3 Å². The third kappa shape index (κ3) is 3.01. The highest BCUT2D eigenvalue weighted by atomic mass is 32.2. The van der Waals surface area contributed by atoms with E-state index in [4.69, 9.17) is 4.42 Å². The molecular weight excluding hydrogens is 349 g/mol. The van der Waals surface area contributed by atoms with Gasteiger partial charge in [0, 0.05) is 35.3 Å². The smallest absolute Gasteiger partial charge is 0.340 e. The molecular formula is C17H13FNO5S-. The Bertz CT molecular complexity index is 996. The van der Waals surface area contributed by atoms with Gasteiger partial charge in [-0.05, 0) is 42.8 Å². The summed E-state index contributed by atoms with van der Waals surface area (Å²) in [4.78, 5) is 11.7. The van der Waals surface area contributed by atoms with E-state index in [1.807, 2.05) is 0 Å². The lowest BCUT2D eigenvalue weighted by Gasteiger charge is -2.22. The SMILES string of the molecule is Cc1cc2c(C(=O)O)c(-c3ccc(F)cc3)oc2cc1N(C)S(=O)[O-]. The van der Waals surface area contributed by atoms with Crippen LogP contribution in [0.2, 0.25) is 0 Å². The van der Waals surface area contributed by atoms with Gasteiger partial charge in [-0.3, -0.25) is 4.21 Å². The van der Waals surface area contributed by atoms with E-state index in [0.717, 1.165) is 4.31 Å². The predicted molar refractivity (Wildman–Crippen MR) is 90.6 cm³/mol. The number of nitrogens with zero attached hydrogens (tertiary/aromatic N) is 1. The molecule has 1 heterocycles. The molecule has 3 rings (SSSR count). The van der Waals surface area contributed by atoms with E-state index in [0.29, 0.717) is 22.2 Å². The maximum atomic E-state index is 13.1. The lowest BCUT2D eigenvalue weighted by Crippen LogP contribution is -2.20. The van der Waals surface area contributed by atoms with Gasteiger partial charge in [-0.25, -0.2) is 9.18 Å². The van der Waals surface area contributed by atoms with Gasteiger partial charge < -0.3 is 18.4 Å². The molecule has 0 aliphatic heterocycles. The van der Waals surface area contributed by atoms with Crippen molar-refractivity contribution in [3.8, 4) is 11.3 Å². The zero-order chi connectivity index (χ0) is 18.3. The Morgan fingerprint density at radius 3 is 2.48 bits per heavy atom. The Morgan fingerprint density at radius 2 is 1.92 bits per heavy atom. The highest BCUT2D eigenvalue weighted by Crippen LogP contribution is 2.37. The highest BCUT2D eigenvalue weighted by Gasteiger charge is 2.23. The monoisotopic (exact) mass is 362 g/mol. The predicted octanol–water partition coefficient (Wildman–Crippen LogP) is 3.48. The van der Waals surface area contributed by atoms with Crippen molar-refractivity contribution in [2.24, 2.45) is 0 Å². The minimum absolute atomic E-state index is 0.0536. The molecule has 0 spiro atoms. The van der Waals surface area contributed by atoms with Crippen LogP contribution in [0.5, 0.6) is 0 Å². The minimum atomic E-state index is -2.48. The highest BCUT2D eigenvalue weighted by molar-refractivity contribution is 7.80. The van der Waals surface area contributed by atoms with Crippen LogP contribution in [0.15, 0.2) is 40.8 Å². The van der Waals surface area contributed by atoms with Gasteiger partial charge >= 0.3 is 5.97 Å². The van der Waals surface area contributed by atoms with Gasteiger partial charge in [-0.15, -0.1) is 0 Å². The van der Waals surface area contributed by atoms with Crippen LogP contribution in [0.25, 0.3) is 22.3 Å². The molecule has 0 amide bonds. The fourth-order valence-corrected chi connectivity index (χ4v) is 3.03. The molecule has 25 heavy (non-hydrogen) atoms. The average molecular weight is 362 g/mol. The molecule has 0 saturated heterocycles. The molecule has 0 saturated carbocycles. The number of halogens is 1. The van der Waals surface area contributed by atoms with Crippen LogP contribution in [0.4, 0.5) is 10.1 Å². The summed E-state index contributed by atoms with van der Waals surface area (Å²) in [6, 6.07) is 8.30. The van der Waals surface area contributed by atoms with Crippen molar-refractivity contribution in [2.75, 3.05) is 11.4 Å². The first-order valence-electron chi connectivity index (χ1n) is 7.19. The number of benzene rings is 2. The van der Waals surface area contributed by atoms with Gasteiger partial charge in [-0.2, -0.15) is 0 Å². The zero-order valence-corrected chi connectivity index (χ0v) is 14.1. The van der Waals surface area contributed by atoms with Crippen LogP contribution in [0.1, 0.15) is 15.9 Å². The summed E-state index contributed by atoms with van der Waals surface area (Å²) in [5.41, 5.74) is 1.54. The van der Waals surface area contributed by atoms with Crippen molar-refractivity contribution >= 4 is 33.9 Å². The molecule has 1 atom stereocenters. The van der Waals surface area contributed by atoms with Crippen LogP contribution >= 0.6 is 0 Å². The van der Waals surface area contributed by atoms with Crippen molar-refractivity contribution < 1.29 is 27.5 Å². The molecule has 6 nitrogen and oxygen atoms in total. The summed E-state index contributed by atoms with van der Waals surface area (Å²) in [5.74, 6) is -1.55. The third-order valence-electron chi connectivity index (χ3n) is 3.89. The van der Waals surface area contributed by atoms with E-state index < -0.39 is 23.1 Å². The molecule has 0 bridgehead atoms. The number of aryl methyl sites for hydroxylation is 1. The number of rotatable bonds is 4. The standard InChI is InChI=1S/C17H14FNO5S/c1-9-7-12-14(8-13(9)19(2)25(22)23)24-16(15(12)17(20)21)10-3-5-11(18)6-4-10/h3-8H,1-2H3,(H,20,21)(H,22,23)/p-1. The van der Waals surface area contributed by atoms with E-state index in [2.05, 4.69) is 0 Å². The van der Waals surface area contributed by atoms with Gasteiger partial charge in [0.15, 0.2) is 0 Å². The van der Waals surface area contributed by atoms with Crippen molar-refractivity contribution in [1.29, 1.82) is 0 Å². The number of aromatic carboxylic acids is 1. The lowest BCUT2D eigenvalue weighted by atomic mass is 10.0. The maximum Gasteiger partial charge on any atom is 0.340 e. The van der Waals surface area contributed by atoms with Crippen molar-refractivity contribution in [3.05, 3.63) is 53.3 Å². The van der Waals surface area contributed by atoms with Gasteiger partial charge in [0.2, 0.25) is 0 Å². The molecule has 0 fully saturated rings. The molecule has 8 heteroatoms. The van der Waals surface area contributed by atoms with E-state index >= 15 is 0 Å². The molecule has 3 aromatic rings. The molecule has 1 aromatic heterocycles. The number of hydrogen-bond donors (Lipinski definition) is 1. The van der Waals surface area contributed by atoms with E-state index in [1.54, 1.807) is 13.0 Å². The summed E-state index contributed by atoms with van der Waals surface area (Å²) in [6.07, 6.45) is 0. The Hall–Kier alpha value is -2.71. The largest absolute Gasteiger partial charge is 0.755 e. The number of hydrogen-bond acceptors (Lipinski definition) is 4. The van der Waals surface area contributed by atoms with Gasteiger partial charge in [0.25, 0.3) is 0 Å². The van der Waals surface area contributed by atoms with Crippen molar-refractivity contribution in [3.63, 3.8) is 0 Å². The summed E-state index contributed by atoms with van der Waals surface area (Å²) in [7, 11) is 1.37. The topological polar surface area (TPSA) is 93.8 Å². The van der Waals surface area contributed by atoms with Crippen LogP contribution < -0.4 is 4.31 Å². The first-order valence-corrected chi connectivity index (χ1v) is 8.22. The number of fused-ring (bicyclic) bond motifs is 1.